The van der Waals surface area contributed by atoms with Gasteiger partial charge in [0.2, 0.25) is 5.91 Å². The SMILES string of the molecule is CN1C(=O)/C(=C/c2cn(CC(=O)N3CCOCC3)c3ccccc23)SC1=Nc1ccc2ncccc2c1. The molecule has 2 aromatic carbocycles. The summed E-state index contributed by atoms with van der Waals surface area (Å²) in [5, 5.41) is 2.61. The summed E-state index contributed by atoms with van der Waals surface area (Å²) in [6, 6.07) is 17.6. The number of para-hydroxylation sites is 1. The minimum atomic E-state index is -0.104. The van der Waals surface area contributed by atoms with Crippen molar-refractivity contribution >= 4 is 62.3 Å². The predicted octanol–water partition coefficient (Wildman–Crippen LogP) is 4.28. The van der Waals surface area contributed by atoms with E-state index in [2.05, 4.69) is 4.98 Å². The standard InChI is InChI=1S/C28H25N5O3S/c1-31-27(35)25(37-28(31)30-21-8-9-23-19(15-21)5-4-10-29-23)16-20-17-33(24-7-3-2-6-22(20)24)18-26(34)32-11-13-36-14-12-32/h2-10,15-17H,11-14,18H2,1H3/b25-16-,30-28?. The molecule has 9 heteroatoms. The molecule has 6 rings (SSSR count). The van der Waals surface area contributed by atoms with E-state index in [0.29, 0.717) is 36.4 Å². The minimum Gasteiger partial charge on any atom is -0.378 e. The van der Waals surface area contributed by atoms with E-state index in [-0.39, 0.29) is 18.4 Å². The Labute approximate surface area is 218 Å². The number of pyridine rings is 1. The first-order valence-electron chi connectivity index (χ1n) is 12.1. The van der Waals surface area contributed by atoms with E-state index in [1.807, 2.05) is 76.3 Å². The second-order valence-corrected chi connectivity index (χ2v) is 9.98. The summed E-state index contributed by atoms with van der Waals surface area (Å²) in [6.45, 7) is 2.61. The smallest absolute Gasteiger partial charge is 0.266 e. The molecule has 0 aliphatic carbocycles. The van der Waals surface area contributed by atoms with Crippen LogP contribution >= 0.6 is 11.8 Å². The number of amidine groups is 1. The third kappa shape index (κ3) is 4.63. The molecule has 4 aromatic rings. The highest BCUT2D eigenvalue weighted by molar-refractivity contribution is 8.18. The van der Waals surface area contributed by atoms with Gasteiger partial charge in [0.25, 0.3) is 5.91 Å². The molecule has 186 valence electrons. The normalized spacial score (nSPS) is 18.6. The molecular formula is C28H25N5O3S. The van der Waals surface area contributed by atoms with Crippen LogP contribution in [0.15, 0.2) is 76.9 Å². The summed E-state index contributed by atoms with van der Waals surface area (Å²) in [5.74, 6) is -0.0401. The maximum absolute atomic E-state index is 13.1. The van der Waals surface area contributed by atoms with E-state index < -0.39 is 0 Å². The Morgan fingerprint density at radius 3 is 2.84 bits per heavy atom. The van der Waals surface area contributed by atoms with E-state index >= 15 is 0 Å². The lowest BCUT2D eigenvalue weighted by Crippen LogP contribution is -2.42. The molecule has 0 N–H and O–H groups in total. The first-order chi connectivity index (χ1) is 18.1. The lowest BCUT2D eigenvalue weighted by molar-refractivity contribution is -0.135. The summed E-state index contributed by atoms with van der Waals surface area (Å²) < 4.78 is 7.34. The Balaban J connectivity index is 1.29. The molecule has 2 aliphatic rings. The second-order valence-electron chi connectivity index (χ2n) is 8.97. The van der Waals surface area contributed by atoms with Crippen molar-refractivity contribution in [3.8, 4) is 0 Å². The first-order valence-corrected chi connectivity index (χ1v) is 12.9. The quantitative estimate of drug-likeness (QED) is 0.382. The second kappa shape index (κ2) is 9.84. The summed E-state index contributed by atoms with van der Waals surface area (Å²) in [6.07, 6.45) is 5.61. The van der Waals surface area contributed by atoms with E-state index in [1.54, 1.807) is 18.1 Å². The van der Waals surface area contributed by atoms with Crippen molar-refractivity contribution in [2.24, 2.45) is 4.99 Å². The van der Waals surface area contributed by atoms with Crippen LogP contribution in [0.3, 0.4) is 0 Å². The molecule has 4 heterocycles. The number of nitrogens with zero attached hydrogens (tertiary/aromatic N) is 5. The van der Waals surface area contributed by atoms with Crippen molar-refractivity contribution in [1.82, 2.24) is 19.4 Å². The van der Waals surface area contributed by atoms with Crippen molar-refractivity contribution in [2.75, 3.05) is 33.4 Å². The highest BCUT2D eigenvalue weighted by Gasteiger charge is 2.31. The third-order valence-electron chi connectivity index (χ3n) is 6.59. The van der Waals surface area contributed by atoms with Gasteiger partial charge in [-0.2, -0.15) is 0 Å². The number of hydrogen-bond acceptors (Lipinski definition) is 6. The van der Waals surface area contributed by atoms with Crippen molar-refractivity contribution in [3.63, 3.8) is 0 Å². The Kier molecular flexibility index (Phi) is 6.23. The largest absolute Gasteiger partial charge is 0.378 e. The Morgan fingerprint density at radius 1 is 1.14 bits per heavy atom. The molecule has 0 unspecified atom stereocenters. The Hall–Kier alpha value is -3.95. The Morgan fingerprint density at radius 2 is 1.97 bits per heavy atom. The molecule has 37 heavy (non-hydrogen) atoms. The lowest BCUT2D eigenvalue weighted by atomic mass is 10.1. The highest BCUT2D eigenvalue weighted by atomic mass is 32.2. The number of carbonyl (C=O) groups is 2. The molecule has 0 bridgehead atoms. The first kappa shape index (κ1) is 23.4. The van der Waals surface area contributed by atoms with Crippen molar-refractivity contribution in [2.45, 2.75) is 6.54 Å². The summed E-state index contributed by atoms with van der Waals surface area (Å²) in [5.41, 5.74) is 3.52. The van der Waals surface area contributed by atoms with E-state index in [1.165, 1.54) is 11.8 Å². The van der Waals surface area contributed by atoms with Gasteiger partial charge in [0, 0.05) is 54.4 Å². The fourth-order valence-corrected chi connectivity index (χ4v) is 5.59. The fraction of sp³-hybridized carbons (Fsp3) is 0.214. The van der Waals surface area contributed by atoms with Crippen LogP contribution in [0.1, 0.15) is 5.56 Å². The van der Waals surface area contributed by atoms with Crippen molar-refractivity contribution in [3.05, 3.63) is 77.5 Å². The van der Waals surface area contributed by atoms with Gasteiger partial charge < -0.3 is 14.2 Å². The molecule has 0 radical (unpaired) electrons. The van der Waals surface area contributed by atoms with Gasteiger partial charge in [0.15, 0.2) is 5.17 Å². The molecule has 0 saturated carbocycles. The zero-order chi connectivity index (χ0) is 25.4. The molecule has 8 nitrogen and oxygen atoms in total. The van der Waals surface area contributed by atoms with Gasteiger partial charge in [-0.05, 0) is 48.2 Å². The van der Waals surface area contributed by atoms with E-state index in [4.69, 9.17) is 9.73 Å². The summed E-state index contributed by atoms with van der Waals surface area (Å²) >= 11 is 1.35. The van der Waals surface area contributed by atoms with Gasteiger partial charge in [-0.1, -0.05) is 24.3 Å². The van der Waals surface area contributed by atoms with Crippen LogP contribution < -0.4 is 0 Å². The lowest BCUT2D eigenvalue weighted by Gasteiger charge is -2.27. The van der Waals surface area contributed by atoms with Crippen molar-refractivity contribution in [1.29, 1.82) is 0 Å². The van der Waals surface area contributed by atoms with Crippen LogP contribution in [0.25, 0.3) is 27.9 Å². The number of amides is 2. The third-order valence-corrected chi connectivity index (χ3v) is 7.65. The number of aromatic nitrogens is 2. The molecule has 0 spiro atoms. The number of hydrogen-bond donors (Lipinski definition) is 0. The van der Waals surface area contributed by atoms with Gasteiger partial charge in [-0.15, -0.1) is 0 Å². The molecule has 0 atom stereocenters. The predicted molar refractivity (Wildman–Crippen MR) is 147 cm³/mol. The topological polar surface area (TPSA) is 80.0 Å². The number of rotatable bonds is 4. The number of carbonyl (C=O) groups excluding carboxylic acids is 2. The maximum atomic E-state index is 13.1. The number of aliphatic imine (C=N–C) groups is 1. The van der Waals surface area contributed by atoms with Gasteiger partial charge in [0.1, 0.15) is 6.54 Å². The van der Waals surface area contributed by atoms with Gasteiger partial charge >= 0.3 is 0 Å². The van der Waals surface area contributed by atoms with E-state index in [9.17, 15) is 9.59 Å². The highest BCUT2D eigenvalue weighted by Crippen LogP contribution is 2.35. The van der Waals surface area contributed by atoms with Gasteiger partial charge in [-0.3, -0.25) is 19.5 Å². The number of fused-ring (bicyclic) bond motifs is 2. The average molecular weight is 512 g/mol. The summed E-state index contributed by atoms with van der Waals surface area (Å²) in [7, 11) is 1.74. The number of morpholine rings is 1. The van der Waals surface area contributed by atoms with Gasteiger partial charge in [-0.25, -0.2) is 4.99 Å². The zero-order valence-electron chi connectivity index (χ0n) is 20.3. The van der Waals surface area contributed by atoms with Crippen molar-refractivity contribution < 1.29 is 14.3 Å². The molecule has 2 aromatic heterocycles. The van der Waals surface area contributed by atoms with Crippen LogP contribution in [0.5, 0.6) is 0 Å². The number of benzene rings is 2. The van der Waals surface area contributed by atoms with E-state index in [0.717, 1.165) is 33.1 Å². The van der Waals surface area contributed by atoms with Gasteiger partial charge in [0.05, 0.1) is 29.3 Å². The molecule has 2 fully saturated rings. The average Bonchev–Trinajstić information content (AvgIpc) is 3.41. The van der Waals surface area contributed by atoms with Crippen LogP contribution in [0.4, 0.5) is 5.69 Å². The Bertz CT molecular complexity index is 1590. The van der Waals surface area contributed by atoms with Crippen LogP contribution in [0, 0.1) is 0 Å². The van der Waals surface area contributed by atoms with Crippen LogP contribution in [-0.2, 0) is 20.9 Å². The number of likely N-dealkylation sites (N-methyl/N-ethyl adjacent to an activating group) is 1. The minimum absolute atomic E-state index is 0.0642. The zero-order valence-corrected chi connectivity index (χ0v) is 21.1. The monoisotopic (exact) mass is 511 g/mol. The maximum Gasteiger partial charge on any atom is 0.266 e. The van der Waals surface area contributed by atoms with Crippen LogP contribution in [0.2, 0.25) is 0 Å². The summed E-state index contributed by atoms with van der Waals surface area (Å²) in [4.78, 5) is 39.1. The molecule has 2 aliphatic heterocycles. The molecule has 2 amide bonds. The number of thioether (sulfide) groups is 1. The molecular weight excluding hydrogens is 486 g/mol. The van der Waals surface area contributed by atoms with Crippen LogP contribution in [-0.4, -0.2) is 69.7 Å². The fourth-order valence-electron chi connectivity index (χ4n) is 4.62. The molecule has 2 saturated heterocycles. The number of ether oxygens (including phenoxy) is 1.